The van der Waals surface area contributed by atoms with E-state index >= 15 is 0 Å². The molecule has 5 nitrogen and oxygen atoms in total. The molecule has 2 amide bonds. The van der Waals surface area contributed by atoms with Crippen molar-refractivity contribution in [2.24, 2.45) is 0 Å². The lowest BCUT2D eigenvalue weighted by molar-refractivity contribution is -0.146. The molecule has 9 heteroatoms. The summed E-state index contributed by atoms with van der Waals surface area (Å²) in [7, 11) is 0. The number of halogens is 4. The van der Waals surface area contributed by atoms with Crippen molar-refractivity contribution in [1.82, 2.24) is 14.9 Å². The second-order valence-electron chi connectivity index (χ2n) is 5.46. The second-order valence-corrected chi connectivity index (χ2v) is 6.38. The molecule has 136 valence electrons. The molecule has 0 saturated heterocycles. The van der Waals surface area contributed by atoms with Crippen LogP contribution in [0, 0.1) is 0 Å². The number of benzene rings is 2. The van der Waals surface area contributed by atoms with E-state index in [9.17, 15) is 18.0 Å². The fourth-order valence-electron chi connectivity index (χ4n) is 2.54. The zero-order valence-corrected chi connectivity index (χ0v) is 14.9. The number of nitrogens with zero attached hydrogens (tertiary/aromatic N) is 2. The Kier molecular flexibility index (Phi) is 5.17. The number of anilines is 1. The third-order valence-corrected chi connectivity index (χ3v) is 4.10. The molecule has 3 rings (SSSR count). The minimum absolute atomic E-state index is 0.0171. The molecule has 0 fully saturated rings. The summed E-state index contributed by atoms with van der Waals surface area (Å²) in [5.41, 5.74) is 1.20. The molecule has 0 radical (unpaired) electrons. The van der Waals surface area contributed by atoms with Gasteiger partial charge in [0.1, 0.15) is 0 Å². The van der Waals surface area contributed by atoms with Gasteiger partial charge in [-0.3, -0.25) is 0 Å². The molecule has 0 aliphatic heterocycles. The molecule has 0 saturated carbocycles. The van der Waals surface area contributed by atoms with E-state index in [2.05, 4.69) is 31.5 Å². The summed E-state index contributed by atoms with van der Waals surface area (Å²) in [6.07, 6.45) is -4.57. The maximum Gasteiger partial charge on any atom is 0.449 e. The fraction of sp³-hybridized carbons (Fsp3) is 0.176. The van der Waals surface area contributed by atoms with Gasteiger partial charge in [-0.1, -0.05) is 34.1 Å². The maximum atomic E-state index is 13.2. The predicted octanol–water partition coefficient (Wildman–Crippen LogP) is 4.64. The Morgan fingerprint density at radius 1 is 1.15 bits per heavy atom. The SMILES string of the molecule is O=C(NCCn1c(C(F)(F)F)nc2ccccc21)Nc1cccc(Br)c1. The van der Waals surface area contributed by atoms with Gasteiger partial charge < -0.3 is 15.2 Å². The second kappa shape index (κ2) is 7.36. The first-order valence-electron chi connectivity index (χ1n) is 7.67. The van der Waals surface area contributed by atoms with Crippen LogP contribution in [0.4, 0.5) is 23.7 Å². The average molecular weight is 427 g/mol. The number of carbonyl (C=O) groups excluding carboxylic acids is 1. The van der Waals surface area contributed by atoms with Crippen molar-refractivity contribution in [3.05, 3.63) is 58.8 Å². The molecule has 3 aromatic rings. The number of rotatable bonds is 4. The molecule has 1 aromatic heterocycles. The van der Waals surface area contributed by atoms with Crippen LogP contribution in [0.1, 0.15) is 5.82 Å². The summed E-state index contributed by atoms with van der Waals surface area (Å²) in [5, 5.41) is 5.17. The van der Waals surface area contributed by atoms with Crippen LogP contribution in [0.15, 0.2) is 53.0 Å². The van der Waals surface area contributed by atoms with E-state index in [1.807, 2.05) is 6.07 Å². The third-order valence-electron chi connectivity index (χ3n) is 3.61. The normalized spacial score (nSPS) is 11.5. The van der Waals surface area contributed by atoms with Gasteiger partial charge in [0, 0.05) is 23.2 Å². The van der Waals surface area contributed by atoms with Crippen LogP contribution in [0.25, 0.3) is 11.0 Å². The van der Waals surface area contributed by atoms with Crippen molar-refractivity contribution in [3.63, 3.8) is 0 Å². The highest BCUT2D eigenvalue weighted by atomic mass is 79.9. The zero-order valence-electron chi connectivity index (χ0n) is 13.3. The van der Waals surface area contributed by atoms with Gasteiger partial charge in [0.2, 0.25) is 5.82 Å². The van der Waals surface area contributed by atoms with Crippen molar-refractivity contribution >= 4 is 38.7 Å². The zero-order chi connectivity index (χ0) is 18.7. The number of hydrogen-bond donors (Lipinski definition) is 2. The smallest absolute Gasteiger partial charge is 0.336 e. The maximum absolute atomic E-state index is 13.2. The lowest BCUT2D eigenvalue weighted by Gasteiger charge is -2.12. The van der Waals surface area contributed by atoms with Gasteiger partial charge in [0.05, 0.1) is 11.0 Å². The molecule has 0 aliphatic rings. The summed E-state index contributed by atoms with van der Waals surface area (Å²) in [5.74, 6) is -0.979. The van der Waals surface area contributed by atoms with Gasteiger partial charge in [-0.15, -0.1) is 0 Å². The highest BCUT2D eigenvalue weighted by Gasteiger charge is 2.37. The largest absolute Gasteiger partial charge is 0.449 e. The Morgan fingerprint density at radius 3 is 2.65 bits per heavy atom. The number of para-hydroxylation sites is 2. The third kappa shape index (κ3) is 4.16. The summed E-state index contributed by atoms with van der Waals surface area (Å²) < 4.78 is 41.5. The van der Waals surface area contributed by atoms with E-state index in [4.69, 9.17) is 0 Å². The lowest BCUT2D eigenvalue weighted by atomic mass is 10.3. The van der Waals surface area contributed by atoms with Crippen LogP contribution in [0.5, 0.6) is 0 Å². The average Bonchev–Trinajstić information content (AvgIpc) is 2.94. The first kappa shape index (κ1) is 18.2. The Labute approximate surface area is 155 Å². The van der Waals surface area contributed by atoms with Gasteiger partial charge in [-0.2, -0.15) is 13.2 Å². The van der Waals surface area contributed by atoms with Gasteiger partial charge in [-0.05, 0) is 30.3 Å². The molecule has 0 atom stereocenters. The molecule has 26 heavy (non-hydrogen) atoms. The van der Waals surface area contributed by atoms with Crippen molar-refractivity contribution in [2.45, 2.75) is 12.7 Å². The number of hydrogen-bond acceptors (Lipinski definition) is 2. The minimum Gasteiger partial charge on any atom is -0.336 e. The van der Waals surface area contributed by atoms with E-state index in [0.29, 0.717) is 11.2 Å². The van der Waals surface area contributed by atoms with Crippen LogP contribution >= 0.6 is 15.9 Å². The first-order valence-corrected chi connectivity index (χ1v) is 8.47. The Bertz CT molecular complexity index is 939. The fourth-order valence-corrected chi connectivity index (χ4v) is 2.94. The van der Waals surface area contributed by atoms with Crippen LogP contribution in [0.2, 0.25) is 0 Å². The summed E-state index contributed by atoms with van der Waals surface area (Å²) >= 11 is 3.29. The molecular formula is C17H14BrF3N4O. The van der Waals surface area contributed by atoms with Crippen molar-refractivity contribution in [3.8, 4) is 0 Å². The number of aromatic nitrogens is 2. The lowest BCUT2D eigenvalue weighted by Crippen LogP contribution is -2.32. The Hall–Kier alpha value is -2.55. The Balaban J connectivity index is 1.69. The number of imidazole rings is 1. The van der Waals surface area contributed by atoms with Crippen molar-refractivity contribution < 1.29 is 18.0 Å². The van der Waals surface area contributed by atoms with Gasteiger partial charge in [0.15, 0.2) is 0 Å². The van der Waals surface area contributed by atoms with Crippen LogP contribution in [-0.2, 0) is 12.7 Å². The number of nitrogens with one attached hydrogen (secondary N) is 2. The highest BCUT2D eigenvalue weighted by Crippen LogP contribution is 2.31. The first-order chi connectivity index (χ1) is 12.3. The van der Waals surface area contributed by atoms with Gasteiger partial charge in [-0.25, -0.2) is 9.78 Å². The van der Waals surface area contributed by atoms with E-state index in [0.717, 1.165) is 9.04 Å². The monoisotopic (exact) mass is 426 g/mol. The van der Waals surface area contributed by atoms with Crippen LogP contribution in [0.3, 0.4) is 0 Å². The van der Waals surface area contributed by atoms with Crippen molar-refractivity contribution in [1.29, 1.82) is 0 Å². The summed E-state index contributed by atoms with van der Waals surface area (Å²) in [4.78, 5) is 15.6. The number of urea groups is 1. The number of carbonyl (C=O) groups is 1. The van der Waals surface area contributed by atoms with Crippen molar-refractivity contribution in [2.75, 3.05) is 11.9 Å². The van der Waals surface area contributed by atoms with Gasteiger partial charge >= 0.3 is 12.2 Å². The predicted molar refractivity (Wildman–Crippen MR) is 95.9 cm³/mol. The molecule has 0 spiro atoms. The molecule has 2 N–H and O–H groups in total. The van der Waals surface area contributed by atoms with Gasteiger partial charge in [0.25, 0.3) is 0 Å². The van der Waals surface area contributed by atoms with E-state index in [1.54, 1.807) is 36.4 Å². The quantitative estimate of drug-likeness (QED) is 0.638. The molecule has 2 aromatic carbocycles. The van der Waals surface area contributed by atoms with Crippen LogP contribution in [-0.4, -0.2) is 22.1 Å². The standard InChI is InChI=1S/C17H14BrF3N4O/c18-11-4-3-5-12(10-11)23-16(26)22-8-9-25-14-7-2-1-6-13(14)24-15(25)17(19,20)21/h1-7,10H,8-9H2,(H2,22,23,26). The van der Waals surface area contributed by atoms with E-state index in [-0.39, 0.29) is 18.6 Å². The molecule has 0 aliphatic carbocycles. The summed E-state index contributed by atoms with van der Waals surface area (Å²) in [6, 6.07) is 12.9. The molecule has 0 unspecified atom stereocenters. The minimum atomic E-state index is -4.57. The Morgan fingerprint density at radius 2 is 1.92 bits per heavy atom. The topological polar surface area (TPSA) is 59.0 Å². The van der Waals surface area contributed by atoms with Crippen LogP contribution < -0.4 is 10.6 Å². The number of fused-ring (bicyclic) bond motifs is 1. The van der Waals surface area contributed by atoms with E-state index < -0.39 is 18.0 Å². The number of amides is 2. The summed E-state index contributed by atoms with van der Waals surface area (Å²) in [6.45, 7) is -0.0372. The van der Waals surface area contributed by atoms with E-state index in [1.165, 1.54) is 6.07 Å². The molecule has 1 heterocycles. The molecule has 0 bridgehead atoms. The number of alkyl halides is 3. The highest BCUT2D eigenvalue weighted by molar-refractivity contribution is 9.10. The molecular weight excluding hydrogens is 413 g/mol.